The Balaban J connectivity index is 1.46. The van der Waals surface area contributed by atoms with Gasteiger partial charge >= 0.3 is 6.18 Å². The quantitative estimate of drug-likeness (QED) is 0.446. The van der Waals surface area contributed by atoms with Crippen molar-refractivity contribution in [2.45, 2.75) is 36.6 Å². The summed E-state index contributed by atoms with van der Waals surface area (Å²) in [6, 6.07) is 4.04. The van der Waals surface area contributed by atoms with Crippen LogP contribution < -0.4 is 11.1 Å². The van der Waals surface area contributed by atoms with Gasteiger partial charge in [0.15, 0.2) is 0 Å². The Morgan fingerprint density at radius 2 is 2.11 bits per heavy atom. The fourth-order valence-corrected chi connectivity index (χ4v) is 5.15. The van der Waals surface area contributed by atoms with Gasteiger partial charge in [-0.3, -0.25) is 0 Å². The predicted molar refractivity (Wildman–Crippen MR) is 123 cm³/mol. The number of hydrogen-bond acceptors (Lipinski definition) is 8. The molecular formula is C21H18Cl2F3N5O3S. The summed E-state index contributed by atoms with van der Waals surface area (Å²) in [6.07, 6.45) is -4.93. The van der Waals surface area contributed by atoms with Crippen LogP contribution in [-0.2, 0) is 15.7 Å². The van der Waals surface area contributed by atoms with Crippen molar-refractivity contribution >= 4 is 40.2 Å². The van der Waals surface area contributed by atoms with Crippen LogP contribution in [-0.4, -0.2) is 50.8 Å². The first kappa shape index (κ1) is 24.3. The lowest BCUT2D eigenvalue weighted by atomic mass is 9.88. The van der Waals surface area contributed by atoms with Gasteiger partial charge in [0.05, 0.1) is 35.3 Å². The number of aromatic nitrogens is 3. The highest BCUT2D eigenvalue weighted by Crippen LogP contribution is 2.40. The number of aliphatic hydroxyl groups excluding tert-OH is 1. The molecule has 4 unspecified atom stereocenters. The number of nitrogens with two attached hydrogens (primary N) is 1. The number of thiazole rings is 1. The van der Waals surface area contributed by atoms with Crippen LogP contribution in [0.5, 0.6) is 0 Å². The first-order chi connectivity index (χ1) is 16.6. The summed E-state index contributed by atoms with van der Waals surface area (Å²) in [5, 5.41) is 20.9. The third-order valence-electron chi connectivity index (χ3n) is 5.78. The van der Waals surface area contributed by atoms with Crippen LogP contribution in [0.25, 0.3) is 11.4 Å². The van der Waals surface area contributed by atoms with Gasteiger partial charge in [0.25, 0.3) is 0 Å². The van der Waals surface area contributed by atoms with Crippen LogP contribution >= 0.6 is 34.5 Å². The average molecular weight is 548 g/mol. The molecule has 0 aliphatic carbocycles. The molecule has 3 aromatic rings. The van der Waals surface area contributed by atoms with Crippen molar-refractivity contribution in [3.63, 3.8) is 0 Å². The van der Waals surface area contributed by atoms with E-state index in [1.807, 2.05) is 0 Å². The number of alkyl halides is 3. The minimum atomic E-state index is -4.65. The van der Waals surface area contributed by atoms with Crippen molar-refractivity contribution in [1.82, 2.24) is 20.1 Å². The van der Waals surface area contributed by atoms with Crippen molar-refractivity contribution in [2.75, 3.05) is 6.61 Å². The summed E-state index contributed by atoms with van der Waals surface area (Å²) in [6.45, 7) is 0.270. The molecule has 4 N–H and O–H groups in total. The maximum atomic E-state index is 13.7. The molecule has 0 bridgehead atoms. The molecule has 0 saturated carbocycles. The highest BCUT2D eigenvalue weighted by Gasteiger charge is 2.52. The number of ether oxygens (including phenoxy) is 2. The van der Waals surface area contributed by atoms with Gasteiger partial charge < -0.3 is 25.6 Å². The van der Waals surface area contributed by atoms with Gasteiger partial charge in [-0.25, -0.2) is 9.67 Å². The molecule has 5 atom stereocenters. The van der Waals surface area contributed by atoms with E-state index >= 15 is 0 Å². The zero-order chi connectivity index (χ0) is 24.9. The number of nitrogens with one attached hydrogen (secondary N) is 1. The summed E-state index contributed by atoms with van der Waals surface area (Å²) in [5.41, 5.74) is 5.40. The molecule has 0 radical (unpaired) electrons. The zero-order valence-electron chi connectivity index (χ0n) is 17.6. The summed E-state index contributed by atoms with van der Waals surface area (Å²) >= 11 is 13.1. The summed E-state index contributed by atoms with van der Waals surface area (Å²) in [5.74, 6) is 0. The van der Waals surface area contributed by atoms with Gasteiger partial charge in [-0.15, -0.1) is 11.3 Å². The van der Waals surface area contributed by atoms with Crippen molar-refractivity contribution in [2.24, 2.45) is 5.73 Å². The molecule has 8 nitrogen and oxygen atoms in total. The molecule has 35 heavy (non-hydrogen) atoms. The number of halogens is 5. The second kappa shape index (κ2) is 9.26. The topological polar surface area (TPSA) is 107 Å². The highest BCUT2D eigenvalue weighted by atomic mass is 35.5. The van der Waals surface area contributed by atoms with E-state index in [0.29, 0.717) is 15.9 Å². The van der Waals surface area contributed by atoms with Crippen LogP contribution in [0.2, 0.25) is 10.2 Å². The molecule has 0 spiro atoms. The van der Waals surface area contributed by atoms with E-state index in [-0.39, 0.29) is 23.0 Å². The Kier molecular flexibility index (Phi) is 6.45. The second-order valence-electron chi connectivity index (χ2n) is 7.98. The van der Waals surface area contributed by atoms with E-state index in [2.05, 4.69) is 15.4 Å². The fourth-order valence-electron chi connectivity index (χ4n) is 4.11. The van der Waals surface area contributed by atoms with Gasteiger partial charge in [-0.05, 0) is 24.3 Å². The molecule has 2 fully saturated rings. The van der Waals surface area contributed by atoms with Crippen molar-refractivity contribution in [3.05, 3.63) is 68.5 Å². The summed E-state index contributed by atoms with van der Waals surface area (Å²) in [7, 11) is 0. The van der Waals surface area contributed by atoms with Crippen LogP contribution in [0, 0.1) is 0 Å². The molecule has 5 rings (SSSR count). The smallest absolute Gasteiger partial charge is 0.395 e. The third kappa shape index (κ3) is 4.61. The van der Waals surface area contributed by atoms with E-state index in [0.717, 1.165) is 16.8 Å². The SMILES string of the molecule is N/C(=C\N[C@H]1C(O)C(c2ccnn2-c2cc(Cl)ccc2C(F)(F)F)OC2COC21)c1nc(Cl)cs1. The summed E-state index contributed by atoms with van der Waals surface area (Å²) in [4.78, 5) is 4.10. The molecule has 0 amide bonds. The third-order valence-corrected chi connectivity index (χ3v) is 7.23. The lowest BCUT2D eigenvalue weighted by molar-refractivity contribution is -0.276. The number of benzene rings is 1. The van der Waals surface area contributed by atoms with Crippen molar-refractivity contribution < 1.29 is 27.8 Å². The largest absolute Gasteiger partial charge is 0.418 e. The molecule has 2 aromatic heterocycles. The Morgan fingerprint density at radius 1 is 1.31 bits per heavy atom. The normalized spacial score (nSPS) is 26.8. The highest BCUT2D eigenvalue weighted by molar-refractivity contribution is 7.11. The number of rotatable bonds is 5. The van der Waals surface area contributed by atoms with Crippen LogP contribution in [0.15, 0.2) is 42.0 Å². The molecule has 1 aromatic carbocycles. The Morgan fingerprint density at radius 3 is 2.77 bits per heavy atom. The van der Waals surface area contributed by atoms with E-state index in [1.165, 1.54) is 35.9 Å². The molecule has 2 aliphatic heterocycles. The summed E-state index contributed by atoms with van der Waals surface area (Å²) < 4.78 is 53.8. The molecule has 4 heterocycles. The maximum Gasteiger partial charge on any atom is 0.418 e. The molecular weight excluding hydrogens is 530 g/mol. The Labute approximate surface area is 211 Å². The second-order valence-corrected chi connectivity index (χ2v) is 9.66. The minimum absolute atomic E-state index is 0.106. The first-order valence-corrected chi connectivity index (χ1v) is 12.0. The monoisotopic (exact) mass is 547 g/mol. The van der Waals surface area contributed by atoms with E-state index < -0.39 is 42.2 Å². The predicted octanol–water partition coefficient (Wildman–Crippen LogP) is 3.77. The van der Waals surface area contributed by atoms with E-state index in [4.69, 9.17) is 38.4 Å². The minimum Gasteiger partial charge on any atom is -0.395 e. The van der Waals surface area contributed by atoms with Gasteiger partial charge in [-0.2, -0.15) is 18.3 Å². The molecule has 2 saturated heterocycles. The lowest BCUT2D eigenvalue weighted by Crippen LogP contribution is -2.66. The van der Waals surface area contributed by atoms with Gasteiger partial charge in [0.1, 0.15) is 34.6 Å². The maximum absolute atomic E-state index is 13.7. The van der Waals surface area contributed by atoms with Crippen molar-refractivity contribution in [1.29, 1.82) is 0 Å². The standard InChI is InChI=1S/C21H18Cl2F3N5O3S/c22-9-1-2-10(21(24,25)26)13(5-9)31-12(3-4-29-31)18-17(32)16(19-14(34-18)7-33-19)28-6-11(27)20-30-15(23)8-35-20/h1-6,8,14,16-19,28,32H,7,27H2/b11-6-/t14?,16-,17?,18?,19?/m0/s1. The Bertz CT molecular complexity index is 1270. The molecule has 14 heteroatoms. The lowest BCUT2D eigenvalue weighted by Gasteiger charge is -2.50. The van der Waals surface area contributed by atoms with E-state index in [1.54, 1.807) is 5.38 Å². The van der Waals surface area contributed by atoms with Crippen LogP contribution in [0.3, 0.4) is 0 Å². The van der Waals surface area contributed by atoms with Crippen molar-refractivity contribution in [3.8, 4) is 5.69 Å². The zero-order valence-corrected chi connectivity index (χ0v) is 19.9. The van der Waals surface area contributed by atoms with Crippen LogP contribution in [0.1, 0.15) is 22.4 Å². The molecule has 186 valence electrons. The number of nitrogens with zero attached hydrogens (tertiary/aromatic N) is 3. The first-order valence-electron chi connectivity index (χ1n) is 10.3. The van der Waals surface area contributed by atoms with Crippen LogP contribution in [0.4, 0.5) is 13.2 Å². The number of hydrogen-bond donors (Lipinski definition) is 3. The van der Waals surface area contributed by atoms with Gasteiger partial charge in [0.2, 0.25) is 0 Å². The van der Waals surface area contributed by atoms with Gasteiger partial charge in [-0.1, -0.05) is 23.2 Å². The number of fused-ring (bicyclic) bond motifs is 1. The van der Waals surface area contributed by atoms with E-state index in [9.17, 15) is 18.3 Å². The van der Waals surface area contributed by atoms with Gasteiger partial charge in [0, 0.05) is 22.8 Å². The Hall–Kier alpha value is -2.35. The molecule has 2 aliphatic rings. The average Bonchev–Trinajstić information content (AvgIpc) is 3.43. The number of aliphatic hydroxyl groups is 1. The fraction of sp³-hybridized carbons (Fsp3) is 0.333.